The van der Waals surface area contributed by atoms with E-state index in [4.69, 9.17) is 4.42 Å². The predicted molar refractivity (Wildman–Crippen MR) is 92.6 cm³/mol. The third kappa shape index (κ3) is 3.73. The molecule has 1 aliphatic carbocycles. The SMILES string of the molecule is CC(C)S(=O)(=O)c1ccc(-c2nnc(NC(=O)C3CCCC3)o2)cc1. The van der Waals surface area contributed by atoms with Crippen LogP contribution >= 0.6 is 0 Å². The van der Waals surface area contributed by atoms with Gasteiger partial charge in [-0.15, -0.1) is 5.10 Å². The number of hydrogen-bond donors (Lipinski definition) is 1. The summed E-state index contributed by atoms with van der Waals surface area (Å²) in [6, 6.07) is 6.33. The van der Waals surface area contributed by atoms with E-state index in [1.165, 1.54) is 12.1 Å². The van der Waals surface area contributed by atoms with Crippen LogP contribution in [0.2, 0.25) is 0 Å². The number of nitrogens with one attached hydrogen (secondary N) is 1. The average molecular weight is 363 g/mol. The van der Waals surface area contributed by atoms with E-state index in [0.29, 0.717) is 5.56 Å². The van der Waals surface area contributed by atoms with Crippen molar-refractivity contribution in [2.45, 2.75) is 49.7 Å². The normalized spacial score (nSPS) is 15.6. The van der Waals surface area contributed by atoms with Gasteiger partial charge in [0.15, 0.2) is 9.84 Å². The van der Waals surface area contributed by atoms with Crippen molar-refractivity contribution in [2.24, 2.45) is 5.92 Å². The quantitative estimate of drug-likeness (QED) is 0.876. The molecule has 3 rings (SSSR count). The number of aromatic nitrogens is 2. The molecule has 0 bridgehead atoms. The number of rotatable bonds is 5. The highest BCUT2D eigenvalue weighted by Gasteiger charge is 2.24. The molecule has 0 atom stereocenters. The van der Waals surface area contributed by atoms with E-state index >= 15 is 0 Å². The van der Waals surface area contributed by atoms with Gasteiger partial charge in [0, 0.05) is 11.5 Å². The highest BCUT2D eigenvalue weighted by Crippen LogP contribution is 2.27. The van der Waals surface area contributed by atoms with Gasteiger partial charge in [-0.3, -0.25) is 10.1 Å². The van der Waals surface area contributed by atoms with E-state index < -0.39 is 15.1 Å². The Morgan fingerprint density at radius 2 is 1.80 bits per heavy atom. The fourth-order valence-electron chi connectivity index (χ4n) is 2.85. The fourth-order valence-corrected chi connectivity index (χ4v) is 3.90. The summed E-state index contributed by atoms with van der Waals surface area (Å²) in [7, 11) is -3.32. The molecular formula is C17H21N3O4S. The molecule has 1 amide bonds. The molecule has 8 heteroatoms. The lowest BCUT2D eigenvalue weighted by atomic mass is 10.1. The zero-order valence-electron chi connectivity index (χ0n) is 14.2. The number of amides is 1. The number of carbonyl (C=O) groups excluding carboxylic acids is 1. The minimum atomic E-state index is -3.32. The Bertz CT molecular complexity index is 850. The van der Waals surface area contributed by atoms with Crippen molar-refractivity contribution in [3.63, 3.8) is 0 Å². The number of anilines is 1. The molecule has 1 aromatic heterocycles. The summed E-state index contributed by atoms with van der Waals surface area (Å²) in [6.07, 6.45) is 3.91. The molecule has 1 N–H and O–H groups in total. The topological polar surface area (TPSA) is 102 Å². The predicted octanol–water partition coefficient (Wildman–Crippen LogP) is 3.05. The van der Waals surface area contributed by atoms with Crippen LogP contribution in [0.25, 0.3) is 11.5 Å². The zero-order chi connectivity index (χ0) is 18.0. The van der Waals surface area contributed by atoms with Crippen LogP contribution in [0.5, 0.6) is 0 Å². The van der Waals surface area contributed by atoms with Gasteiger partial charge < -0.3 is 4.42 Å². The fraction of sp³-hybridized carbons (Fsp3) is 0.471. The Morgan fingerprint density at radius 3 is 2.40 bits per heavy atom. The molecular weight excluding hydrogens is 342 g/mol. The first-order chi connectivity index (χ1) is 11.9. The maximum Gasteiger partial charge on any atom is 0.322 e. The van der Waals surface area contributed by atoms with Gasteiger partial charge in [-0.05, 0) is 51.0 Å². The van der Waals surface area contributed by atoms with Crippen molar-refractivity contribution in [3.8, 4) is 11.5 Å². The zero-order valence-corrected chi connectivity index (χ0v) is 15.0. The van der Waals surface area contributed by atoms with E-state index in [1.54, 1.807) is 26.0 Å². The number of nitrogens with zero attached hydrogens (tertiary/aromatic N) is 2. The van der Waals surface area contributed by atoms with Gasteiger partial charge in [0.1, 0.15) is 0 Å². The first-order valence-corrected chi connectivity index (χ1v) is 9.91. The Hall–Kier alpha value is -2.22. The molecule has 0 radical (unpaired) electrons. The van der Waals surface area contributed by atoms with Crippen molar-refractivity contribution in [2.75, 3.05) is 5.32 Å². The van der Waals surface area contributed by atoms with E-state index in [-0.39, 0.29) is 28.6 Å². The summed E-state index contributed by atoms with van der Waals surface area (Å²) in [5.41, 5.74) is 0.594. The van der Waals surface area contributed by atoms with Gasteiger partial charge in [0.2, 0.25) is 11.8 Å². The lowest BCUT2D eigenvalue weighted by Gasteiger charge is -2.07. The van der Waals surface area contributed by atoms with Crippen LogP contribution in [-0.2, 0) is 14.6 Å². The molecule has 0 saturated heterocycles. The molecule has 0 spiro atoms. The van der Waals surface area contributed by atoms with Crippen LogP contribution in [0.15, 0.2) is 33.6 Å². The summed E-state index contributed by atoms with van der Waals surface area (Å²) in [6.45, 7) is 3.28. The molecule has 2 aromatic rings. The first kappa shape index (κ1) is 17.6. The lowest BCUT2D eigenvalue weighted by Crippen LogP contribution is -2.20. The molecule has 134 valence electrons. The minimum Gasteiger partial charge on any atom is -0.403 e. The highest BCUT2D eigenvalue weighted by atomic mass is 32.2. The van der Waals surface area contributed by atoms with Crippen molar-refractivity contribution in [1.29, 1.82) is 0 Å². The van der Waals surface area contributed by atoms with Gasteiger partial charge in [-0.1, -0.05) is 17.9 Å². The van der Waals surface area contributed by atoms with Crippen LogP contribution < -0.4 is 5.32 Å². The van der Waals surface area contributed by atoms with Gasteiger partial charge in [0.25, 0.3) is 0 Å². The van der Waals surface area contributed by atoms with Crippen molar-refractivity contribution < 1.29 is 17.6 Å². The van der Waals surface area contributed by atoms with Gasteiger partial charge in [0.05, 0.1) is 10.1 Å². The first-order valence-electron chi connectivity index (χ1n) is 8.36. The Kier molecular flexibility index (Phi) is 4.89. The summed E-state index contributed by atoms with van der Waals surface area (Å²) < 4.78 is 29.7. The average Bonchev–Trinajstić information content (AvgIpc) is 3.26. The van der Waals surface area contributed by atoms with E-state index in [9.17, 15) is 13.2 Å². The second kappa shape index (κ2) is 6.95. The standard InChI is InChI=1S/C17H21N3O4S/c1-11(2)25(22,23)14-9-7-13(8-10-14)16-19-20-17(24-16)18-15(21)12-5-3-4-6-12/h7-12H,3-6H2,1-2H3,(H,18,20,21). The van der Waals surface area contributed by atoms with Crippen molar-refractivity contribution in [3.05, 3.63) is 24.3 Å². The van der Waals surface area contributed by atoms with E-state index in [0.717, 1.165) is 25.7 Å². The molecule has 0 aliphatic heterocycles. The van der Waals surface area contributed by atoms with Gasteiger partial charge in [-0.2, -0.15) is 0 Å². The molecule has 1 aliphatic rings. The molecule has 1 aromatic carbocycles. The maximum atomic E-state index is 12.1. The third-order valence-electron chi connectivity index (χ3n) is 4.43. The maximum absolute atomic E-state index is 12.1. The summed E-state index contributed by atoms with van der Waals surface area (Å²) in [5, 5.41) is 9.91. The number of sulfone groups is 1. The lowest BCUT2D eigenvalue weighted by molar-refractivity contribution is -0.119. The third-order valence-corrected chi connectivity index (χ3v) is 6.60. The Balaban J connectivity index is 1.73. The monoisotopic (exact) mass is 363 g/mol. The van der Waals surface area contributed by atoms with E-state index in [2.05, 4.69) is 15.5 Å². The van der Waals surface area contributed by atoms with Crippen LogP contribution in [0.3, 0.4) is 0 Å². The van der Waals surface area contributed by atoms with Crippen molar-refractivity contribution >= 4 is 21.8 Å². The largest absolute Gasteiger partial charge is 0.403 e. The van der Waals surface area contributed by atoms with Gasteiger partial charge in [-0.25, -0.2) is 8.42 Å². The Morgan fingerprint density at radius 1 is 1.16 bits per heavy atom. The van der Waals surface area contributed by atoms with Crippen LogP contribution in [0.4, 0.5) is 6.01 Å². The molecule has 7 nitrogen and oxygen atoms in total. The molecule has 1 fully saturated rings. The molecule has 25 heavy (non-hydrogen) atoms. The summed E-state index contributed by atoms with van der Waals surface area (Å²) >= 11 is 0. The number of hydrogen-bond acceptors (Lipinski definition) is 6. The molecule has 1 heterocycles. The summed E-state index contributed by atoms with van der Waals surface area (Å²) in [5.74, 6) is 0.150. The van der Waals surface area contributed by atoms with E-state index in [1.807, 2.05) is 0 Å². The summed E-state index contributed by atoms with van der Waals surface area (Å²) in [4.78, 5) is 12.3. The van der Waals surface area contributed by atoms with Crippen LogP contribution in [-0.4, -0.2) is 29.8 Å². The van der Waals surface area contributed by atoms with Crippen molar-refractivity contribution in [1.82, 2.24) is 10.2 Å². The van der Waals surface area contributed by atoms with Gasteiger partial charge >= 0.3 is 6.01 Å². The molecule has 0 unspecified atom stereocenters. The smallest absolute Gasteiger partial charge is 0.322 e. The second-order valence-electron chi connectivity index (χ2n) is 6.50. The van der Waals surface area contributed by atoms with Crippen LogP contribution in [0, 0.1) is 5.92 Å². The second-order valence-corrected chi connectivity index (χ2v) is 9.01. The molecule has 1 saturated carbocycles. The number of benzene rings is 1. The Labute approximate surface area is 146 Å². The number of carbonyl (C=O) groups is 1. The minimum absolute atomic E-state index is 0.0101. The highest BCUT2D eigenvalue weighted by molar-refractivity contribution is 7.92. The van der Waals surface area contributed by atoms with Crippen LogP contribution in [0.1, 0.15) is 39.5 Å².